The third-order valence-corrected chi connectivity index (χ3v) is 2.59. The molecule has 0 bridgehead atoms. The Balaban J connectivity index is 2.77. The molecule has 0 heterocycles. The number of hydrogen-bond donors (Lipinski definition) is 0. The van der Waals surface area contributed by atoms with Gasteiger partial charge in [-0.15, -0.1) is 0 Å². The van der Waals surface area contributed by atoms with Crippen molar-refractivity contribution >= 4 is 0 Å². The fraction of sp³-hybridized carbons (Fsp3) is 0. The van der Waals surface area contributed by atoms with Crippen LogP contribution in [0.3, 0.4) is 0 Å². The number of rotatable bonds is 1. The zero-order chi connectivity index (χ0) is 15.0. The van der Waals surface area contributed by atoms with Crippen LogP contribution in [0.2, 0.25) is 0 Å². The van der Waals surface area contributed by atoms with Crippen molar-refractivity contribution in [1.29, 1.82) is 5.26 Å². The van der Waals surface area contributed by atoms with E-state index in [4.69, 9.17) is 5.26 Å². The number of hydrogen-bond acceptors (Lipinski definition) is 1. The molecule has 0 fully saturated rings. The molecule has 102 valence electrons. The SMILES string of the molecule is N#Cc1ccc(-c2c(F)c(F)c(F)c(F)c2F)cc1F. The summed E-state index contributed by atoms with van der Waals surface area (Å²) in [6.07, 6.45) is 0. The van der Waals surface area contributed by atoms with Crippen LogP contribution in [0.15, 0.2) is 18.2 Å². The van der Waals surface area contributed by atoms with Crippen molar-refractivity contribution in [3.05, 3.63) is 58.7 Å². The van der Waals surface area contributed by atoms with Gasteiger partial charge in [0.2, 0.25) is 5.82 Å². The highest BCUT2D eigenvalue weighted by atomic mass is 19.2. The lowest BCUT2D eigenvalue weighted by Gasteiger charge is -2.08. The normalized spacial score (nSPS) is 10.4. The van der Waals surface area contributed by atoms with Crippen LogP contribution in [-0.2, 0) is 0 Å². The van der Waals surface area contributed by atoms with Gasteiger partial charge in [0.1, 0.15) is 11.9 Å². The molecule has 20 heavy (non-hydrogen) atoms. The van der Waals surface area contributed by atoms with Gasteiger partial charge in [-0.3, -0.25) is 0 Å². The second kappa shape index (κ2) is 4.89. The van der Waals surface area contributed by atoms with E-state index < -0.39 is 51.6 Å². The molecule has 0 N–H and O–H groups in total. The first-order chi connectivity index (χ1) is 9.38. The van der Waals surface area contributed by atoms with Crippen LogP contribution in [0.25, 0.3) is 11.1 Å². The molecule has 0 unspecified atom stereocenters. The maximum absolute atomic E-state index is 13.5. The first-order valence-corrected chi connectivity index (χ1v) is 5.10. The van der Waals surface area contributed by atoms with Gasteiger partial charge < -0.3 is 0 Å². The summed E-state index contributed by atoms with van der Waals surface area (Å²) in [6, 6.07) is 3.76. The van der Waals surface area contributed by atoms with Crippen LogP contribution in [0.4, 0.5) is 26.3 Å². The van der Waals surface area contributed by atoms with E-state index in [0.29, 0.717) is 6.07 Å². The maximum atomic E-state index is 13.5. The molecule has 2 aromatic rings. The number of nitrogens with zero attached hydrogens (tertiary/aromatic N) is 1. The molecule has 0 aliphatic carbocycles. The molecule has 2 rings (SSSR count). The standard InChI is InChI=1S/C13H3F6N/c14-7-3-5(1-2-6(7)4-20)8-9(15)11(17)13(19)12(18)10(8)16/h1-3H. The number of halogens is 6. The van der Waals surface area contributed by atoms with Gasteiger partial charge in [0, 0.05) is 0 Å². The van der Waals surface area contributed by atoms with Crippen LogP contribution in [0.5, 0.6) is 0 Å². The molecule has 0 radical (unpaired) electrons. The third kappa shape index (κ3) is 1.99. The van der Waals surface area contributed by atoms with Gasteiger partial charge in [-0.05, 0) is 17.7 Å². The van der Waals surface area contributed by atoms with Crippen LogP contribution in [-0.4, -0.2) is 0 Å². The Hall–Kier alpha value is -2.49. The zero-order valence-corrected chi connectivity index (χ0v) is 9.45. The van der Waals surface area contributed by atoms with E-state index in [0.717, 1.165) is 12.1 Å². The summed E-state index contributed by atoms with van der Waals surface area (Å²) in [4.78, 5) is 0. The van der Waals surface area contributed by atoms with Crippen molar-refractivity contribution in [1.82, 2.24) is 0 Å². The van der Waals surface area contributed by atoms with Crippen molar-refractivity contribution in [2.45, 2.75) is 0 Å². The number of nitriles is 1. The van der Waals surface area contributed by atoms with E-state index >= 15 is 0 Å². The molecule has 0 saturated heterocycles. The fourth-order valence-corrected chi connectivity index (χ4v) is 1.62. The van der Waals surface area contributed by atoms with Gasteiger partial charge in [-0.1, -0.05) is 6.07 Å². The molecule has 0 aromatic heterocycles. The van der Waals surface area contributed by atoms with Gasteiger partial charge >= 0.3 is 0 Å². The van der Waals surface area contributed by atoms with E-state index in [1.807, 2.05) is 0 Å². The summed E-state index contributed by atoms with van der Waals surface area (Å²) < 4.78 is 79.3. The first-order valence-electron chi connectivity index (χ1n) is 5.10. The fourth-order valence-electron chi connectivity index (χ4n) is 1.62. The first kappa shape index (κ1) is 13.9. The summed E-state index contributed by atoms with van der Waals surface area (Å²) in [5.74, 6) is -11.8. The molecule has 0 spiro atoms. The average Bonchev–Trinajstić information content (AvgIpc) is 2.43. The van der Waals surface area contributed by atoms with Crippen molar-refractivity contribution in [2.75, 3.05) is 0 Å². The van der Waals surface area contributed by atoms with Gasteiger partial charge in [-0.2, -0.15) is 5.26 Å². The smallest absolute Gasteiger partial charge is 0.200 e. The monoisotopic (exact) mass is 287 g/mol. The van der Waals surface area contributed by atoms with Gasteiger partial charge in [0.15, 0.2) is 23.3 Å². The van der Waals surface area contributed by atoms with Crippen LogP contribution in [0.1, 0.15) is 5.56 Å². The maximum Gasteiger partial charge on any atom is 0.200 e. The highest BCUT2D eigenvalue weighted by Crippen LogP contribution is 2.32. The Morgan fingerprint density at radius 1 is 0.750 bits per heavy atom. The van der Waals surface area contributed by atoms with Crippen LogP contribution in [0, 0.1) is 46.2 Å². The molecule has 7 heteroatoms. The van der Waals surface area contributed by atoms with E-state index in [2.05, 4.69) is 0 Å². The Bertz CT molecular complexity index is 718. The molecule has 0 atom stereocenters. The second-order valence-electron chi connectivity index (χ2n) is 3.75. The molecule has 1 nitrogen and oxygen atoms in total. The lowest BCUT2D eigenvalue weighted by atomic mass is 10.0. The molecule has 2 aromatic carbocycles. The quantitative estimate of drug-likeness (QED) is 0.441. The highest BCUT2D eigenvalue weighted by Gasteiger charge is 2.26. The highest BCUT2D eigenvalue weighted by molar-refractivity contribution is 5.66. The Labute approximate surface area is 108 Å². The van der Waals surface area contributed by atoms with Gasteiger partial charge in [-0.25, -0.2) is 26.3 Å². The predicted molar refractivity (Wildman–Crippen MR) is 56.3 cm³/mol. The summed E-state index contributed by atoms with van der Waals surface area (Å²) in [6.45, 7) is 0. The molecule has 0 aliphatic rings. The minimum Gasteiger partial charge on any atom is -0.206 e. The summed E-state index contributed by atoms with van der Waals surface area (Å²) >= 11 is 0. The minimum atomic E-state index is -2.29. The Kier molecular flexibility index (Phi) is 3.40. The van der Waals surface area contributed by atoms with Crippen molar-refractivity contribution in [3.63, 3.8) is 0 Å². The molecule has 0 saturated carbocycles. The summed E-state index contributed by atoms with van der Waals surface area (Å²) in [5.41, 5.74) is -2.23. The molecule has 0 amide bonds. The number of benzene rings is 2. The minimum absolute atomic E-state index is 0.419. The van der Waals surface area contributed by atoms with Crippen molar-refractivity contribution < 1.29 is 26.3 Å². The largest absolute Gasteiger partial charge is 0.206 e. The summed E-state index contributed by atoms with van der Waals surface area (Å²) in [5, 5.41) is 8.51. The lowest BCUT2D eigenvalue weighted by molar-refractivity contribution is 0.381. The zero-order valence-electron chi connectivity index (χ0n) is 9.45. The van der Waals surface area contributed by atoms with Crippen molar-refractivity contribution in [3.8, 4) is 17.2 Å². The van der Waals surface area contributed by atoms with Gasteiger partial charge in [0.05, 0.1) is 11.1 Å². The Morgan fingerprint density at radius 3 is 1.70 bits per heavy atom. The molecule has 0 aliphatic heterocycles. The predicted octanol–water partition coefficient (Wildman–Crippen LogP) is 4.06. The van der Waals surface area contributed by atoms with Crippen LogP contribution < -0.4 is 0 Å². The average molecular weight is 287 g/mol. The van der Waals surface area contributed by atoms with E-state index in [9.17, 15) is 26.3 Å². The molecular weight excluding hydrogens is 284 g/mol. The van der Waals surface area contributed by atoms with Gasteiger partial charge in [0.25, 0.3) is 0 Å². The summed E-state index contributed by atoms with van der Waals surface area (Å²) in [7, 11) is 0. The van der Waals surface area contributed by atoms with E-state index in [1.54, 1.807) is 0 Å². The van der Waals surface area contributed by atoms with E-state index in [-0.39, 0.29) is 0 Å². The lowest BCUT2D eigenvalue weighted by Crippen LogP contribution is -2.04. The molecular formula is C13H3F6N. The third-order valence-electron chi connectivity index (χ3n) is 2.59. The topological polar surface area (TPSA) is 23.8 Å². The second-order valence-corrected chi connectivity index (χ2v) is 3.75. The Morgan fingerprint density at radius 2 is 1.25 bits per heavy atom. The van der Waals surface area contributed by atoms with Crippen molar-refractivity contribution in [2.24, 2.45) is 0 Å². The van der Waals surface area contributed by atoms with E-state index in [1.165, 1.54) is 6.07 Å². The van der Waals surface area contributed by atoms with Crippen LogP contribution >= 0.6 is 0 Å².